The van der Waals surface area contributed by atoms with Crippen molar-refractivity contribution in [1.82, 2.24) is 4.90 Å². The normalized spacial score (nSPS) is 31.6. The molecule has 1 aliphatic heterocycles. The number of carbonyl (C=O) groups excluding carboxylic acids is 1. The summed E-state index contributed by atoms with van der Waals surface area (Å²) in [5.41, 5.74) is 0. The largest absolute Gasteiger partial charge is 0.393 e. The summed E-state index contributed by atoms with van der Waals surface area (Å²) in [5.74, 6) is -0.372. The summed E-state index contributed by atoms with van der Waals surface area (Å²) < 4.78 is 36.6. The molecule has 1 aliphatic carbocycles. The van der Waals surface area contributed by atoms with Crippen LogP contribution in [0.15, 0.2) is 0 Å². The van der Waals surface area contributed by atoms with E-state index in [0.29, 0.717) is 6.54 Å². The Morgan fingerprint density at radius 1 is 1.15 bits per heavy atom. The maximum Gasteiger partial charge on any atom is 0.389 e. The van der Waals surface area contributed by atoms with Gasteiger partial charge in [0.25, 0.3) is 0 Å². The van der Waals surface area contributed by atoms with Gasteiger partial charge in [0, 0.05) is 24.9 Å². The molecule has 0 unspecified atom stereocenters. The summed E-state index contributed by atoms with van der Waals surface area (Å²) in [6.07, 6.45) is -0.953. The zero-order valence-electron chi connectivity index (χ0n) is 11.5. The van der Waals surface area contributed by atoms with Crippen molar-refractivity contribution >= 4 is 5.91 Å². The van der Waals surface area contributed by atoms with Crippen LogP contribution in [0, 0.1) is 5.92 Å². The van der Waals surface area contributed by atoms with Gasteiger partial charge in [0.05, 0.1) is 12.5 Å². The molecule has 1 heterocycles. The number of amides is 1. The Hall–Kier alpha value is -0.780. The highest BCUT2D eigenvalue weighted by Crippen LogP contribution is 2.35. The van der Waals surface area contributed by atoms with Crippen LogP contribution in [0.1, 0.15) is 51.4 Å². The molecule has 0 radical (unpaired) electrons. The summed E-state index contributed by atoms with van der Waals surface area (Å²) in [4.78, 5) is 13.6. The third-order valence-electron chi connectivity index (χ3n) is 4.52. The summed E-state index contributed by atoms with van der Waals surface area (Å²) >= 11 is 0. The minimum Gasteiger partial charge on any atom is -0.393 e. The van der Waals surface area contributed by atoms with E-state index in [-0.39, 0.29) is 12.0 Å². The van der Waals surface area contributed by atoms with Gasteiger partial charge in [-0.25, -0.2) is 0 Å². The van der Waals surface area contributed by atoms with Gasteiger partial charge in [-0.2, -0.15) is 13.2 Å². The third kappa shape index (κ3) is 3.87. The maximum absolute atomic E-state index is 12.2. The Labute approximate surface area is 117 Å². The van der Waals surface area contributed by atoms with E-state index in [4.69, 9.17) is 0 Å². The van der Waals surface area contributed by atoms with Gasteiger partial charge < -0.3 is 10.0 Å². The lowest BCUT2D eigenvalue weighted by molar-refractivity contribution is -0.150. The zero-order valence-corrected chi connectivity index (χ0v) is 11.5. The van der Waals surface area contributed by atoms with Gasteiger partial charge in [0.2, 0.25) is 5.91 Å². The second kappa shape index (κ2) is 6.33. The first-order chi connectivity index (χ1) is 9.38. The van der Waals surface area contributed by atoms with Crippen LogP contribution in [0.3, 0.4) is 0 Å². The van der Waals surface area contributed by atoms with Crippen LogP contribution in [0.25, 0.3) is 0 Å². The van der Waals surface area contributed by atoms with Gasteiger partial charge >= 0.3 is 6.18 Å². The van der Waals surface area contributed by atoms with Crippen LogP contribution in [0.4, 0.5) is 13.2 Å². The monoisotopic (exact) mass is 293 g/mol. The molecule has 2 fully saturated rings. The molecular weight excluding hydrogens is 271 g/mol. The molecule has 1 amide bonds. The number of halogens is 3. The first-order valence-electron chi connectivity index (χ1n) is 7.43. The van der Waals surface area contributed by atoms with Gasteiger partial charge in [-0.3, -0.25) is 4.79 Å². The molecular formula is C14H22F3NO2. The number of rotatable bonds is 3. The van der Waals surface area contributed by atoms with Crippen molar-refractivity contribution in [2.24, 2.45) is 5.92 Å². The van der Waals surface area contributed by atoms with Crippen LogP contribution in [-0.2, 0) is 4.79 Å². The number of likely N-dealkylation sites (tertiary alicyclic amines) is 1. The van der Waals surface area contributed by atoms with Crippen molar-refractivity contribution in [3.05, 3.63) is 0 Å². The summed E-state index contributed by atoms with van der Waals surface area (Å²) in [5, 5.41) is 10.1. The van der Waals surface area contributed by atoms with Gasteiger partial charge in [-0.15, -0.1) is 0 Å². The van der Waals surface area contributed by atoms with Gasteiger partial charge in [-0.1, -0.05) is 12.8 Å². The van der Waals surface area contributed by atoms with Crippen LogP contribution in [-0.4, -0.2) is 40.8 Å². The highest BCUT2D eigenvalue weighted by molar-refractivity contribution is 5.76. The molecule has 6 heteroatoms. The average molecular weight is 293 g/mol. The zero-order chi connectivity index (χ0) is 14.8. The standard InChI is InChI=1S/C14H22F3NO2/c15-14(16,17)8-7-13(20)18-9-3-5-11(18)10-4-1-2-6-12(10)19/h10-12,19H,1-9H2/t10-,11-,12-/m1/s1. The van der Waals surface area contributed by atoms with Crippen LogP contribution in [0.5, 0.6) is 0 Å². The molecule has 3 nitrogen and oxygen atoms in total. The Kier molecular flexibility index (Phi) is 4.94. The molecule has 1 saturated heterocycles. The summed E-state index contributed by atoms with van der Waals surface area (Å²) in [6.45, 7) is 0.532. The smallest absolute Gasteiger partial charge is 0.389 e. The van der Waals surface area contributed by atoms with Gasteiger partial charge in [0.15, 0.2) is 0 Å². The van der Waals surface area contributed by atoms with E-state index >= 15 is 0 Å². The lowest BCUT2D eigenvalue weighted by Crippen LogP contribution is -2.45. The number of hydrogen-bond acceptors (Lipinski definition) is 2. The van der Waals surface area contributed by atoms with E-state index in [2.05, 4.69) is 0 Å². The SMILES string of the molecule is O=C(CCC(F)(F)F)N1CCC[C@@H]1[C@H]1CCCC[C@H]1O. The molecule has 1 N–H and O–H groups in total. The Bertz CT molecular complexity index is 346. The highest BCUT2D eigenvalue weighted by Gasteiger charge is 2.39. The molecule has 2 rings (SSSR count). The van der Waals surface area contributed by atoms with E-state index in [9.17, 15) is 23.1 Å². The fourth-order valence-corrected chi connectivity index (χ4v) is 3.53. The maximum atomic E-state index is 12.2. The Morgan fingerprint density at radius 3 is 2.50 bits per heavy atom. The number of nitrogens with zero attached hydrogens (tertiary/aromatic N) is 1. The lowest BCUT2D eigenvalue weighted by Gasteiger charge is -2.37. The van der Waals surface area contributed by atoms with E-state index in [0.717, 1.165) is 38.5 Å². The first-order valence-corrected chi connectivity index (χ1v) is 7.43. The Morgan fingerprint density at radius 2 is 1.85 bits per heavy atom. The predicted octanol–water partition coefficient (Wildman–Crippen LogP) is 2.87. The number of aliphatic hydroxyl groups is 1. The predicted molar refractivity (Wildman–Crippen MR) is 68.0 cm³/mol. The second-order valence-electron chi connectivity index (χ2n) is 5.93. The third-order valence-corrected chi connectivity index (χ3v) is 4.52. The average Bonchev–Trinajstić information content (AvgIpc) is 2.84. The minimum absolute atomic E-state index is 0.0427. The van der Waals surface area contributed by atoms with Crippen LogP contribution in [0.2, 0.25) is 0 Å². The molecule has 0 spiro atoms. The van der Waals surface area contributed by atoms with Crippen molar-refractivity contribution < 1.29 is 23.1 Å². The van der Waals surface area contributed by atoms with Crippen molar-refractivity contribution in [2.45, 2.75) is 69.7 Å². The summed E-state index contributed by atoms with van der Waals surface area (Å²) in [7, 11) is 0. The molecule has 0 bridgehead atoms. The molecule has 116 valence electrons. The quantitative estimate of drug-likeness (QED) is 0.869. The lowest BCUT2D eigenvalue weighted by atomic mass is 9.80. The van der Waals surface area contributed by atoms with Crippen LogP contribution >= 0.6 is 0 Å². The molecule has 1 saturated carbocycles. The highest BCUT2D eigenvalue weighted by atomic mass is 19.4. The second-order valence-corrected chi connectivity index (χ2v) is 5.93. The van der Waals surface area contributed by atoms with E-state index < -0.39 is 31.0 Å². The van der Waals surface area contributed by atoms with E-state index in [1.165, 1.54) is 0 Å². The topological polar surface area (TPSA) is 40.5 Å². The van der Waals surface area contributed by atoms with Crippen LogP contribution < -0.4 is 0 Å². The molecule has 20 heavy (non-hydrogen) atoms. The number of hydrogen-bond donors (Lipinski definition) is 1. The first kappa shape index (κ1) is 15.6. The number of alkyl halides is 3. The molecule has 2 aliphatic rings. The number of aliphatic hydroxyl groups excluding tert-OH is 1. The molecule has 0 aromatic carbocycles. The fourth-order valence-electron chi connectivity index (χ4n) is 3.53. The van der Waals surface area contributed by atoms with Gasteiger partial charge in [0.1, 0.15) is 0 Å². The number of carbonyl (C=O) groups is 1. The molecule has 0 aromatic heterocycles. The fraction of sp³-hybridized carbons (Fsp3) is 0.929. The van der Waals surface area contributed by atoms with E-state index in [1.807, 2.05) is 0 Å². The molecule has 0 aromatic rings. The van der Waals surface area contributed by atoms with Crippen molar-refractivity contribution in [3.8, 4) is 0 Å². The minimum atomic E-state index is -4.28. The van der Waals surface area contributed by atoms with Crippen molar-refractivity contribution in [1.29, 1.82) is 0 Å². The summed E-state index contributed by atoms with van der Waals surface area (Å²) in [6, 6.07) is -0.0639. The van der Waals surface area contributed by atoms with Crippen molar-refractivity contribution in [3.63, 3.8) is 0 Å². The van der Waals surface area contributed by atoms with Gasteiger partial charge in [-0.05, 0) is 25.7 Å². The van der Waals surface area contributed by atoms with Crippen molar-refractivity contribution in [2.75, 3.05) is 6.54 Å². The van der Waals surface area contributed by atoms with E-state index in [1.54, 1.807) is 4.90 Å². The molecule has 3 atom stereocenters. The Balaban J connectivity index is 1.94.